The first-order chi connectivity index (χ1) is 13.6. The number of aromatic nitrogens is 2. The molecule has 0 bridgehead atoms. The third-order valence-electron chi connectivity index (χ3n) is 4.41. The lowest BCUT2D eigenvalue weighted by Crippen LogP contribution is -2.19. The number of pyridine rings is 1. The zero-order valence-corrected chi connectivity index (χ0v) is 17.2. The molecule has 3 heterocycles. The average molecular weight is 448 g/mol. The SMILES string of the molecule is Brc1ccc2c(-c3cnco3)cc(N3CCCC3)nc2c1.COCCC(=O)O. The normalized spacial score (nSPS) is 13.4. The van der Waals surface area contributed by atoms with Crippen molar-refractivity contribution in [3.8, 4) is 11.3 Å². The summed E-state index contributed by atoms with van der Waals surface area (Å²) in [4.78, 5) is 20.9. The first-order valence-corrected chi connectivity index (χ1v) is 9.82. The van der Waals surface area contributed by atoms with E-state index in [1.165, 1.54) is 26.3 Å². The van der Waals surface area contributed by atoms with Gasteiger partial charge in [-0.05, 0) is 31.0 Å². The summed E-state index contributed by atoms with van der Waals surface area (Å²) in [5.74, 6) is 0.983. The number of anilines is 1. The van der Waals surface area contributed by atoms with Gasteiger partial charge in [-0.3, -0.25) is 4.79 Å². The van der Waals surface area contributed by atoms with Crippen LogP contribution in [0.5, 0.6) is 0 Å². The van der Waals surface area contributed by atoms with Crippen molar-refractivity contribution in [2.75, 3.05) is 31.7 Å². The minimum Gasteiger partial charge on any atom is -0.481 e. The highest BCUT2D eigenvalue weighted by Gasteiger charge is 2.17. The standard InChI is InChI=1S/C16H14BrN3O.C4H8O3/c17-11-3-4-12-13(15-9-18-10-21-15)8-16(19-14(12)7-11)20-5-1-2-6-20;1-7-3-2-4(5)6/h3-4,7-10H,1-2,5-6H2;2-3H2,1H3,(H,5,6). The van der Waals surface area contributed by atoms with Crippen molar-refractivity contribution in [2.45, 2.75) is 19.3 Å². The number of fused-ring (bicyclic) bond motifs is 1. The Bertz CT molecular complexity index is 925. The van der Waals surface area contributed by atoms with Crippen LogP contribution in [0.25, 0.3) is 22.2 Å². The van der Waals surface area contributed by atoms with Gasteiger partial charge in [-0.25, -0.2) is 9.97 Å². The van der Waals surface area contributed by atoms with Crippen molar-refractivity contribution in [1.82, 2.24) is 9.97 Å². The predicted molar refractivity (Wildman–Crippen MR) is 111 cm³/mol. The van der Waals surface area contributed by atoms with Crippen molar-refractivity contribution in [1.29, 1.82) is 0 Å². The molecule has 3 aromatic rings. The Morgan fingerprint density at radius 2 is 2.11 bits per heavy atom. The van der Waals surface area contributed by atoms with E-state index < -0.39 is 5.97 Å². The average Bonchev–Trinajstić information content (AvgIpc) is 3.39. The number of ether oxygens (including phenoxy) is 1. The highest BCUT2D eigenvalue weighted by atomic mass is 79.9. The molecule has 0 saturated carbocycles. The van der Waals surface area contributed by atoms with Gasteiger partial charge in [0, 0.05) is 35.6 Å². The molecule has 1 fully saturated rings. The van der Waals surface area contributed by atoms with Gasteiger partial charge < -0.3 is 19.2 Å². The van der Waals surface area contributed by atoms with Crippen LogP contribution in [0.1, 0.15) is 19.3 Å². The van der Waals surface area contributed by atoms with Crippen molar-refractivity contribution >= 4 is 38.6 Å². The number of halogens is 1. The monoisotopic (exact) mass is 447 g/mol. The summed E-state index contributed by atoms with van der Waals surface area (Å²) in [6.45, 7) is 2.44. The van der Waals surface area contributed by atoms with Gasteiger partial charge in [-0.1, -0.05) is 22.0 Å². The maximum Gasteiger partial charge on any atom is 0.305 e. The van der Waals surface area contributed by atoms with Crippen LogP contribution in [0.4, 0.5) is 5.82 Å². The lowest BCUT2D eigenvalue weighted by Gasteiger charge is -2.18. The van der Waals surface area contributed by atoms with Crippen LogP contribution in [0, 0.1) is 0 Å². The van der Waals surface area contributed by atoms with E-state index in [4.69, 9.17) is 14.5 Å². The Labute approximate surface area is 171 Å². The molecule has 148 valence electrons. The molecular formula is C20H22BrN3O4. The molecule has 1 saturated heterocycles. The lowest BCUT2D eigenvalue weighted by atomic mass is 10.1. The number of hydrogen-bond acceptors (Lipinski definition) is 6. The minimum atomic E-state index is -0.818. The van der Waals surface area contributed by atoms with E-state index >= 15 is 0 Å². The summed E-state index contributed by atoms with van der Waals surface area (Å²) in [5, 5.41) is 9.05. The smallest absolute Gasteiger partial charge is 0.305 e. The minimum absolute atomic E-state index is 0.0938. The molecule has 0 amide bonds. The van der Waals surface area contributed by atoms with E-state index in [9.17, 15) is 4.79 Å². The number of carboxylic acid groups (broad SMARTS) is 1. The molecule has 1 aliphatic rings. The van der Waals surface area contributed by atoms with Crippen LogP contribution in [0.3, 0.4) is 0 Å². The number of benzene rings is 1. The van der Waals surface area contributed by atoms with E-state index in [1.807, 2.05) is 6.07 Å². The number of methoxy groups -OCH3 is 1. The lowest BCUT2D eigenvalue weighted by molar-refractivity contribution is -0.137. The number of nitrogens with zero attached hydrogens (tertiary/aromatic N) is 3. The van der Waals surface area contributed by atoms with Crippen molar-refractivity contribution in [3.63, 3.8) is 0 Å². The van der Waals surface area contributed by atoms with E-state index in [-0.39, 0.29) is 6.42 Å². The number of oxazole rings is 1. The zero-order valence-electron chi connectivity index (χ0n) is 15.6. The molecule has 28 heavy (non-hydrogen) atoms. The largest absolute Gasteiger partial charge is 0.481 e. The second-order valence-electron chi connectivity index (χ2n) is 6.39. The van der Waals surface area contributed by atoms with E-state index in [2.05, 4.69) is 48.7 Å². The summed E-state index contributed by atoms with van der Waals surface area (Å²) < 4.78 is 11.0. The molecule has 0 radical (unpaired) electrons. The van der Waals surface area contributed by atoms with E-state index in [1.54, 1.807) is 6.20 Å². The Kier molecular flexibility index (Phi) is 7.00. The maximum atomic E-state index is 9.68. The topological polar surface area (TPSA) is 88.7 Å². The Morgan fingerprint density at radius 3 is 2.71 bits per heavy atom. The number of hydrogen-bond donors (Lipinski definition) is 1. The molecule has 1 aromatic carbocycles. The van der Waals surface area contributed by atoms with E-state index in [0.717, 1.165) is 45.6 Å². The van der Waals surface area contributed by atoms with Gasteiger partial charge in [0.25, 0.3) is 0 Å². The van der Waals surface area contributed by atoms with Gasteiger partial charge in [0.2, 0.25) is 0 Å². The molecular weight excluding hydrogens is 426 g/mol. The van der Waals surface area contributed by atoms with Crippen LogP contribution in [0.2, 0.25) is 0 Å². The predicted octanol–water partition coefficient (Wildman–Crippen LogP) is 4.36. The molecule has 4 rings (SSSR count). The molecule has 0 spiro atoms. The Morgan fingerprint density at radius 1 is 1.32 bits per heavy atom. The first-order valence-electron chi connectivity index (χ1n) is 9.03. The third kappa shape index (κ3) is 5.08. The Hall–Kier alpha value is -2.45. The second kappa shape index (κ2) is 9.66. The van der Waals surface area contributed by atoms with Gasteiger partial charge in [-0.15, -0.1) is 0 Å². The molecule has 0 unspecified atom stereocenters. The summed E-state index contributed by atoms with van der Waals surface area (Å²) in [5.41, 5.74) is 2.02. The van der Waals surface area contributed by atoms with Gasteiger partial charge in [0.1, 0.15) is 5.82 Å². The van der Waals surface area contributed by atoms with Crippen molar-refractivity contribution in [2.24, 2.45) is 0 Å². The summed E-state index contributed by atoms with van der Waals surface area (Å²) in [7, 11) is 1.48. The molecule has 1 N–H and O–H groups in total. The molecule has 7 nitrogen and oxygen atoms in total. The van der Waals surface area contributed by atoms with Crippen LogP contribution in [-0.2, 0) is 9.53 Å². The second-order valence-corrected chi connectivity index (χ2v) is 7.30. The summed E-state index contributed by atoms with van der Waals surface area (Å²) in [6, 6.07) is 8.26. The number of carbonyl (C=O) groups is 1. The fourth-order valence-electron chi connectivity index (χ4n) is 3.04. The molecule has 8 heteroatoms. The highest BCUT2D eigenvalue weighted by molar-refractivity contribution is 9.10. The van der Waals surface area contributed by atoms with Gasteiger partial charge in [-0.2, -0.15) is 0 Å². The number of aliphatic carboxylic acids is 1. The molecule has 0 aliphatic carbocycles. The summed E-state index contributed by atoms with van der Waals surface area (Å²) >= 11 is 3.52. The van der Waals surface area contributed by atoms with Crippen LogP contribution in [-0.4, -0.2) is 47.8 Å². The van der Waals surface area contributed by atoms with Gasteiger partial charge in [0.05, 0.1) is 24.7 Å². The van der Waals surface area contributed by atoms with Crippen molar-refractivity contribution in [3.05, 3.63) is 41.3 Å². The van der Waals surface area contributed by atoms with Gasteiger partial charge >= 0.3 is 5.97 Å². The maximum absolute atomic E-state index is 9.68. The molecule has 2 aromatic heterocycles. The first kappa shape index (κ1) is 20.3. The number of rotatable bonds is 5. The highest BCUT2D eigenvalue weighted by Crippen LogP contribution is 2.33. The van der Waals surface area contributed by atoms with Gasteiger partial charge in [0.15, 0.2) is 12.2 Å². The molecule has 1 aliphatic heterocycles. The van der Waals surface area contributed by atoms with Crippen LogP contribution in [0.15, 0.2) is 45.7 Å². The zero-order chi connectivity index (χ0) is 19.9. The molecule has 0 atom stereocenters. The Balaban J connectivity index is 0.000000279. The summed E-state index contributed by atoms with van der Waals surface area (Å²) in [6.07, 6.45) is 5.78. The number of carboxylic acids is 1. The van der Waals surface area contributed by atoms with Crippen molar-refractivity contribution < 1.29 is 19.1 Å². The van der Waals surface area contributed by atoms with Crippen LogP contribution >= 0.6 is 15.9 Å². The fourth-order valence-corrected chi connectivity index (χ4v) is 3.39. The quantitative estimate of drug-likeness (QED) is 0.621. The third-order valence-corrected chi connectivity index (χ3v) is 4.90. The van der Waals surface area contributed by atoms with E-state index in [0.29, 0.717) is 6.61 Å². The fraction of sp³-hybridized carbons (Fsp3) is 0.350. The van der Waals surface area contributed by atoms with Crippen LogP contribution < -0.4 is 4.90 Å².